The molecule has 2 rings (SSSR count). The zero-order valence-corrected chi connectivity index (χ0v) is 10.6. The highest BCUT2D eigenvalue weighted by Crippen LogP contribution is 2.29. The van der Waals surface area contributed by atoms with Gasteiger partial charge in [-0.05, 0) is 32.1 Å². The topological polar surface area (TPSA) is 61.0 Å². The Morgan fingerprint density at radius 1 is 1.41 bits per heavy atom. The van der Waals surface area contributed by atoms with Crippen molar-refractivity contribution in [3.05, 3.63) is 11.9 Å². The Morgan fingerprint density at radius 3 is 2.94 bits per heavy atom. The quantitative estimate of drug-likeness (QED) is 0.875. The molecule has 94 valence electrons. The van der Waals surface area contributed by atoms with Crippen LogP contribution in [0.3, 0.4) is 0 Å². The molecular formula is C13H21N3O. The third kappa shape index (κ3) is 3.32. The van der Waals surface area contributed by atoms with Crippen LogP contribution in [0.1, 0.15) is 44.9 Å². The second kappa shape index (κ2) is 5.34. The lowest BCUT2D eigenvalue weighted by Crippen LogP contribution is -2.25. The monoisotopic (exact) mass is 235 g/mol. The fourth-order valence-electron chi connectivity index (χ4n) is 2.51. The van der Waals surface area contributed by atoms with E-state index in [1.54, 1.807) is 6.07 Å². The van der Waals surface area contributed by atoms with Crippen LogP contribution in [-0.2, 0) is 0 Å². The number of hydrogen-bond acceptors (Lipinski definition) is 4. The molecule has 2 unspecified atom stereocenters. The first kappa shape index (κ1) is 12.1. The zero-order valence-electron chi connectivity index (χ0n) is 10.6. The molecule has 1 aromatic rings. The average Bonchev–Trinajstić information content (AvgIpc) is 2.28. The van der Waals surface area contributed by atoms with Gasteiger partial charge in [-0.3, -0.25) is 0 Å². The van der Waals surface area contributed by atoms with Gasteiger partial charge in [0.15, 0.2) is 0 Å². The first-order valence-corrected chi connectivity index (χ1v) is 6.45. The highest BCUT2D eigenvalue weighted by Gasteiger charge is 2.22. The number of rotatable bonds is 3. The van der Waals surface area contributed by atoms with Crippen molar-refractivity contribution in [1.29, 1.82) is 0 Å². The Labute approximate surface area is 103 Å². The van der Waals surface area contributed by atoms with E-state index in [2.05, 4.69) is 16.9 Å². The van der Waals surface area contributed by atoms with Gasteiger partial charge in [0.25, 0.3) is 0 Å². The largest absolute Gasteiger partial charge is 0.474 e. The molecule has 1 saturated carbocycles. The number of anilines is 1. The normalized spacial score (nSPS) is 24.6. The third-order valence-electron chi connectivity index (χ3n) is 3.43. The predicted octanol–water partition coefficient (Wildman–Crippen LogP) is 2.71. The lowest BCUT2D eigenvalue weighted by Gasteiger charge is -2.28. The van der Waals surface area contributed by atoms with Gasteiger partial charge in [0, 0.05) is 6.07 Å². The number of aryl methyl sites for hydroxylation is 1. The first-order chi connectivity index (χ1) is 8.17. The fraction of sp³-hybridized carbons (Fsp3) is 0.692. The first-order valence-electron chi connectivity index (χ1n) is 6.45. The molecule has 1 aliphatic rings. The molecule has 4 nitrogen and oxygen atoms in total. The standard InChI is InChI=1S/C13H21N3O/c1-3-10-5-4-6-11(7-10)17-13-8-12(14)15-9(2)16-13/h8,10-11H,3-7H2,1-2H3,(H2,14,15,16). The highest BCUT2D eigenvalue weighted by atomic mass is 16.5. The van der Waals surface area contributed by atoms with Crippen molar-refractivity contribution in [2.24, 2.45) is 5.92 Å². The van der Waals surface area contributed by atoms with Crippen LogP contribution in [0.4, 0.5) is 5.82 Å². The van der Waals surface area contributed by atoms with E-state index in [1.807, 2.05) is 6.92 Å². The van der Waals surface area contributed by atoms with E-state index in [1.165, 1.54) is 19.3 Å². The van der Waals surface area contributed by atoms with Crippen molar-refractivity contribution in [3.63, 3.8) is 0 Å². The highest BCUT2D eigenvalue weighted by molar-refractivity contribution is 5.32. The number of ether oxygens (including phenoxy) is 1. The molecule has 4 heteroatoms. The van der Waals surface area contributed by atoms with Crippen LogP contribution in [0.25, 0.3) is 0 Å². The summed E-state index contributed by atoms with van der Waals surface area (Å²) in [6.45, 7) is 4.08. The van der Waals surface area contributed by atoms with Gasteiger partial charge in [-0.2, -0.15) is 4.98 Å². The molecule has 1 heterocycles. The van der Waals surface area contributed by atoms with E-state index in [4.69, 9.17) is 10.5 Å². The summed E-state index contributed by atoms with van der Waals surface area (Å²) in [5.74, 6) is 2.57. The van der Waals surface area contributed by atoms with Crippen LogP contribution in [0.2, 0.25) is 0 Å². The maximum absolute atomic E-state index is 5.92. The van der Waals surface area contributed by atoms with E-state index in [0.29, 0.717) is 23.6 Å². The Balaban J connectivity index is 2.00. The summed E-state index contributed by atoms with van der Waals surface area (Å²) < 4.78 is 5.92. The van der Waals surface area contributed by atoms with Crippen LogP contribution in [-0.4, -0.2) is 16.1 Å². The molecule has 1 fully saturated rings. The lowest BCUT2D eigenvalue weighted by molar-refractivity contribution is 0.117. The van der Waals surface area contributed by atoms with E-state index in [9.17, 15) is 0 Å². The van der Waals surface area contributed by atoms with Crippen molar-refractivity contribution < 1.29 is 4.74 Å². The number of nitrogens with two attached hydrogens (primary N) is 1. The van der Waals surface area contributed by atoms with Gasteiger partial charge in [0.1, 0.15) is 17.7 Å². The number of nitrogen functional groups attached to an aromatic ring is 1. The van der Waals surface area contributed by atoms with Crippen LogP contribution in [0, 0.1) is 12.8 Å². The molecule has 2 atom stereocenters. The van der Waals surface area contributed by atoms with Crippen molar-refractivity contribution in [2.75, 3.05) is 5.73 Å². The summed E-state index contributed by atoms with van der Waals surface area (Å²) in [6.07, 6.45) is 6.38. The van der Waals surface area contributed by atoms with Crippen LogP contribution in [0.5, 0.6) is 5.88 Å². The SMILES string of the molecule is CCC1CCCC(Oc2cc(N)nc(C)n2)C1. The minimum atomic E-state index is 0.294. The van der Waals surface area contributed by atoms with Crippen molar-refractivity contribution in [3.8, 4) is 5.88 Å². The zero-order chi connectivity index (χ0) is 12.3. The predicted molar refractivity (Wildman–Crippen MR) is 67.8 cm³/mol. The summed E-state index contributed by atoms with van der Waals surface area (Å²) in [7, 11) is 0. The van der Waals surface area contributed by atoms with Gasteiger partial charge >= 0.3 is 0 Å². The minimum Gasteiger partial charge on any atom is -0.474 e. The molecule has 0 radical (unpaired) electrons. The Kier molecular flexibility index (Phi) is 3.82. The van der Waals surface area contributed by atoms with Gasteiger partial charge in [0.2, 0.25) is 5.88 Å². The lowest BCUT2D eigenvalue weighted by atomic mass is 9.85. The molecule has 2 N–H and O–H groups in total. The molecule has 0 amide bonds. The van der Waals surface area contributed by atoms with Crippen molar-refractivity contribution in [2.45, 2.75) is 52.1 Å². The number of aromatic nitrogens is 2. The van der Waals surface area contributed by atoms with E-state index < -0.39 is 0 Å². The summed E-state index contributed by atoms with van der Waals surface area (Å²) in [5, 5.41) is 0. The van der Waals surface area contributed by atoms with Gasteiger partial charge in [-0.1, -0.05) is 19.8 Å². The van der Waals surface area contributed by atoms with E-state index in [-0.39, 0.29) is 0 Å². The van der Waals surface area contributed by atoms with Gasteiger partial charge in [-0.25, -0.2) is 4.98 Å². The van der Waals surface area contributed by atoms with Gasteiger partial charge in [0.05, 0.1) is 0 Å². The summed E-state index contributed by atoms with van der Waals surface area (Å²) >= 11 is 0. The minimum absolute atomic E-state index is 0.294. The Morgan fingerprint density at radius 2 is 2.24 bits per heavy atom. The van der Waals surface area contributed by atoms with Gasteiger partial charge in [-0.15, -0.1) is 0 Å². The molecule has 1 aliphatic carbocycles. The molecule has 17 heavy (non-hydrogen) atoms. The maximum Gasteiger partial charge on any atom is 0.218 e. The molecule has 0 saturated heterocycles. The molecule has 0 aliphatic heterocycles. The molecule has 0 aromatic carbocycles. The Hall–Kier alpha value is -1.32. The number of hydrogen-bond donors (Lipinski definition) is 1. The molecule has 0 bridgehead atoms. The smallest absolute Gasteiger partial charge is 0.218 e. The summed E-state index contributed by atoms with van der Waals surface area (Å²) in [5.41, 5.74) is 5.69. The van der Waals surface area contributed by atoms with E-state index >= 15 is 0 Å². The van der Waals surface area contributed by atoms with Crippen molar-refractivity contribution >= 4 is 5.82 Å². The van der Waals surface area contributed by atoms with Crippen molar-refractivity contribution in [1.82, 2.24) is 9.97 Å². The van der Waals surface area contributed by atoms with Crippen LogP contribution >= 0.6 is 0 Å². The fourth-order valence-corrected chi connectivity index (χ4v) is 2.51. The van der Waals surface area contributed by atoms with Gasteiger partial charge < -0.3 is 10.5 Å². The summed E-state index contributed by atoms with van der Waals surface area (Å²) in [4.78, 5) is 8.31. The average molecular weight is 235 g/mol. The third-order valence-corrected chi connectivity index (χ3v) is 3.43. The molecule has 0 spiro atoms. The molecule has 1 aromatic heterocycles. The molecular weight excluding hydrogens is 214 g/mol. The summed E-state index contributed by atoms with van der Waals surface area (Å²) in [6, 6.07) is 1.71. The van der Waals surface area contributed by atoms with Crippen LogP contribution in [0.15, 0.2) is 6.07 Å². The Bertz CT molecular complexity index is 361. The maximum atomic E-state index is 5.92. The second-order valence-electron chi connectivity index (χ2n) is 4.86. The van der Waals surface area contributed by atoms with Crippen LogP contribution < -0.4 is 10.5 Å². The second-order valence-corrected chi connectivity index (χ2v) is 4.86. The van der Waals surface area contributed by atoms with E-state index in [0.717, 1.165) is 18.8 Å². The number of nitrogens with zero attached hydrogens (tertiary/aromatic N) is 2.